The summed E-state index contributed by atoms with van der Waals surface area (Å²) in [7, 11) is 4.58. The van der Waals surface area contributed by atoms with Gasteiger partial charge in [0.05, 0.1) is 36.8 Å². The predicted molar refractivity (Wildman–Crippen MR) is 190 cm³/mol. The summed E-state index contributed by atoms with van der Waals surface area (Å²) in [4.78, 5) is 30.0. The number of methoxy groups -OCH3 is 3. The molecular formula is C38H41Cl2N3O5. The Labute approximate surface area is 291 Å². The summed E-state index contributed by atoms with van der Waals surface area (Å²) in [5.41, 5.74) is 1.38. The first-order chi connectivity index (χ1) is 23.2. The molecule has 1 atom stereocenters. The number of nitrogens with zero attached hydrogens (tertiary/aromatic N) is 1. The number of likely N-dealkylation sites (tertiary alicyclic amines) is 1. The van der Waals surface area contributed by atoms with Crippen molar-refractivity contribution in [3.63, 3.8) is 0 Å². The molecule has 2 heterocycles. The van der Waals surface area contributed by atoms with Crippen LogP contribution >= 0.6 is 23.2 Å². The van der Waals surface area contributed by atoms with Crippen molar-refractivity contribution in [1.29, 1.82) is 0 Å². The molecule has 0 aliphatic carbocycles. The maximum absolute atomic E-state index is 14.2. The van der Waals surface area contributed by atoms with Gasteiger partial charge in [-0.1, -0.05) is 71.7 Å². The van der Waals surface area contributed by atoms with E-state index in [4.69, 9.17) is 37.4 Å². The molecule has 1 unspecified atom stereocenters. The molecule has 4 aromatic carbocycles. The number of fused-ring (bicyclic) bond motifs is 1. The molecule has 0 aromatic heterocycles. The molecule has 2 fully saturated rings. The van der Waals surface area contributed by atoms with Crippen LogP contribution in [-0.2, 0) is 15.6 Å². The largest absolute Gasteiger partial charge is 0.493 e. The highest BCUT2D eigenvalue weighted by molar-refractivity contribution is 6.42. The second kappa shape index (κ2) is 14.2. The van der Waals surface area contributed by atoms with Crippen LogP contribution in [0.2, 0.25) is 10.0 Å². The third kappa shape index (κ3) is 6.41. The molecule has 8 nitrogen and oxygen atoms in total. The number of rotatable bonds is 10. The number of piperidine rings is 1. The molecule has 10 heteroatoms. The van der Waals surface area contributed by atoms with Gasteiger partial charge >= 0.3 is 0 Å². The van der Waals surface area contributed by atoms with Gasteiger partial charge < -0.3 is 29.7 Å². The van der Waals surface area contributed by atoms with Crippen molar-refractivity contribution >= 4 is 45.8 Å². The van der Waals surface area contributed by atoms with Crippen molar-refractivity contribution in [1.82, 2.24) is 15.5 Å². The summed E-state index contributed by atoms with van der Waals surface area (Å²) in [6, 6.07) is 23.6. The van der Waals surface area contributed by atoms with E-state index in [1.54, 1.807) is 18.2 Å². The SMILES string of the molecule is COc1cc(C(=O)N2CCC(CCNC(=O)C3(c4ccc5ccccc5c4)CCNCC3)(c3ccc(Cl)c(Cl)c3)C2)cc(OC)c1OC. The third-order valence-corrected chi connectivity index (χ3v) is 10.9. The van der Waals surface area contributed by atoms with Crippen LogP contribution in [0.1, 0.15) is 47.2 Å². The average molecular weight is 691 g/mol. The van der Waals surface area contributed by atoms with Gasteiger partial charge in [0, 0.05) is 30.6 Å². The summed E-state index contributed by atoms with van der Waals surface area (Å²) >= 11 is 12.9. The Bertz CT molecular complexity index is 1800. The van der Waals surface area contributed by atoms with Crippen LogP contribution in [0, 0.1) is 0 Å². The van der Waals surface area contributed by atoms with Crippen LogP contribution in [0.4, 0.5) is 0 Å². The Kier molecular flexibility index (Phi) is 10.1. The first kappa shape index (κ1) is 33.9. The second-order valence-corrected chi connectivity index (χ2v) is 13.5. The van der Waals surface area contributed by atoms with Crippen molar-refractivity contribution in [3.8, 4) is 17.2 Å². The minimum absolute atomic E-state index is 0.0342. The topological polar surface area (TPSA) is 89.1 Å². The van der Waals surface area contributed by atoms with E-state index in [2.05, 4.69) is 41.0 Å². The van der Waals surface area contributed by atoms with E-state index in [0.717, 1.165) is 35.0 Å². The maximum Gasteiger partial charge on any atom is 0.254 e. The van der Waals surface area contributed by atoms with E-state index in [9.17, 15) is 9.59 Å². The van der Waals surface area contributed by atoms with Crippen molar-refractivity contribution in [2.45, 2.75) is 36.5 Å². The molecule has 4 aromatic rings. The molecule has 0 bridgehead atoms. The number of benzene rings is 4. The van der Waals surface area contributed by atoms with Crippen LogP contribution in [0.15, 0.2) is 72.8 Å². The average Bonchev–Trinajstić information content (AvgIpc) is 3.57. The van der Waals surface area contributed by atoms with Crippen LogP contribution in [0.3, 0.4) is 0 Å². The van der Waals surface area contributed by atoms with E-state index in [0.29, 0.717) is 78.2 Å². The van der Waals surface area contributed by atoms with Crippen LogP contribution in [0.5, 0.6) is 17.2 Å². The number of ether oxygens (including phenoxy) is 3. The first-order valence-corrected chi connectivity index (χ1v) is 17.0. The summed E-state index contributed by atoms with van der Waals surface area (Å²) in [6.07, 6.45) is 2.73. The van der Waals surface area contributed by atoms with Crippen LogP contribution in [-0.4, -0.2) is 70.8 Å². The van der Waals surface area contributed by atoms with Crippen molar-refractivity contribution in [2.75, 3.05) is 54.1 Å². The van der Waals surface area contributed by atoms with Gasteiger partial charge in [0.15, 0.2) is 11.5 Å². The molecule has 48 heavy (non-hydrogen) atoms. The number of amides is 2. The Hall–Kier alpha value is -3.98. The quantitative estimate of drug-likeness (QED) is 0.191. The van der Waals surface area contributed by atoms with Crippen LogP contribution < -0.4 is 24.8 Å². The molecule has 2 saturated heterocycles. The van der Waals surface area contributed by atoms with Gasteiger partial charge in [-0.2, -0.15) is 0 Å². The minimum Gasteiger partial charge on any atom is -0.493 e. The van der Waals surface area contributed by atoms with E-state index in [-0.39, 0.29) is 11.8 Å². The molecule has 0 spiro atoms. The molecule has 2 aliphatic rings. The lowest BCUT2D eigenvalue weighted by atomic mass is 9.71. The van der Waals surface area contributed by atoms with Crippen molar-refractivity contribution in [3.05, 3.63) is 99.5 Å². The monoisotopic (exact) mass is 689 g/mol. The zero-order valence-electron chi connectivity index (χ0n) is 27.5. The fourth-order valence-corrected chi connectivity index (χ4v) is 7.71. The second-order valence-electron chi connectivity index (χ2n) is 12.7. The molecule has 2 amide bonds. The smallest absolute Gasteiger partial charge is 0.254 e. The summed E-state index contributed by atoms with van der Waals surface area (Å²) < 4.78 is 16.5. The lowest BCUT2D eigenvalue weighted by Crippen LogP contribution is -2.51. The standard InChI is InChI=1S/C38H41Cl2N3O5/c1-46-32-21-27(22-33(47-2)34(32)48-3)35(44)43-19-15-37(24-43,28-10-11-30(39)31(40)23-28)12-18-42-36(45)38(13-16-41-17-14-38)29-9-8-25-6-4-5-7-26(25)20-29/h4-11,20-23,41H,12-19,24H2,1-3H3,(H,42,45). The Morgan fingerprint density at radius 1 is 0.812 bits per heavy atom. The van der Waals surface area contributed by atoms with Crippen molar-refractivity contribution < 1.29 is 23.8 Å². The van der Waals surface area contributed by atoms with Gasteiger partial charge in [-0.15, -0.1) is 0 Å². The summed E-state index contributed by atoms with van der Waals surface area (Å²) in [6.45, 7) is 2.94. The predicted octanol–water partition coefficient (Wildman–Crippen LogP) is 6.78. The van der Waals surface area contributed by atoms with E-state index in [1.807, 2.05) is 29.2 Å². The molecular weight excluding hydrogens is 649 g/mol. The molecule has 6 rings (SSSR count). The normalized spacial score (nSPS) is 18.8. The fraction of sp³-hybridized carbons (Fsp3) is 0.368. The Morgan fingerprint density at radius 2 is 1.50 bits per heavy atom. The van der Waals surface area contributed by atoms with Crippen LogP contribution in [0.25, 0.3) is 10.8 Å². The van der Waals surface area contributed by atoms with Gasteiger partial charge in [0.1, 0.15) is 0 Å². The Balaban J connectivity index is 1.25. The van der Waals surface area contributed by atoms with E-state index < -0.39 is 10.8 Å². The number of hydrogen-bond acceptors (Lipinski definition) is 6. The lowest BCUT2D eigenvalue weighted by molar-refractivity contribution is -0.127. The number of carbonyl (C=O) groups is 2. The van der Waals surface area contributed by atoms with Crippen molar-refractivity contribution in [2.24, 2.45) is 0 Å². The Morgan fingerprint density at radius 3 is 2.17 bits per heavy atom. The zero-order valence-corrected chi connectivity index (χ0v) is 29.0. The molecule has 252 valence electrons. The first-order valence-electron chi connectivity index (χ1n) is 16.3. The summed E-state index contributed by atoms with van der Waals surface area (Å²) in [5, 5.41) is 9.96. The number of nitrogens with one attached hydrogen (secondary N) is 2. The van der Waals surface area contributed by atoms with E-state index in [1.165, 1.54) is 21.3 Å². The van der Waals surface area contributed by atoms with Gasteiger partial charge in [-0.05, 0) is 84.9 Å². The zero-order chi connectivity index (χ0) is 33.9. The molecule has 2 N–H and O–H groups in total. The van der Waals surface area contributed by atoms with E-state index >= 15 is 0 Å². The number of carbonyl (C=O) groups excluding carboxylic acids is 2. The highest BCUT2D eigenvalue weighted by Crippen LogP contribution is 2.43. The number of hydrogen-bond donors (Lipinski definition) is 2. The lowest BCUT2D eigenvalue weighted by Gasteiger charge is -2.37. The highest BCUT2D eigenvalue weighted by Gasteiger charge is 2.44. The van der Waals surface area contributed by atoms with Gasteiger partial charge in [0.25, 0.3) is 5.91 Å². The maximum atomic E-state index is 14.2. The highest BCUT2D eigenvalue weighted by atomic mass is 35.5. The molecule has 2 aliphatic heterocycles. The molecule has 0 saturated carbocycles. The fourth-order valence-electron chi connectivity index (χ4n) is 7.41. The van der Waals surface area contributed by atoms with Gasteiger partial charge in [-0.3, -0.25) is 9.59 Å². The van der Waals surface area contributed by atoms with Gasteiger partial charge in [0.2, 0.25) is 11.7 Å². The summed E-state index contributed by atoms with van der Waals surface area (Å²) in [5.74, 6) is 1.14. The van der Waals surface area contributed by atoms with Gasteiger partial charge in [-0.25, -0.2) is 0 Å². The third-order valence-electron chi connectivity index (χ3n) is 10.2. The minimum atomic E-state index is -0.629. The number of halogens is 2. The molecule has 0 radical (unpaired) electrons.